The molecule has 0 aliphatic heterocycles. The standard InChI is InChI=1S/C32H38N2O6/c1-5-7-18-39-22-11-13-24(28(20-22)37-3)31(35)27-10-9-17-34(27)26-15-16-33-30(26)32(36)25-14-12-23(21-29(25)38-4)40-19-8-6-2/h9-17,20-21,31,33,35H,5-8,18-19H2,1-4H3. The number of ketones is 1. The van der Waals surface area contributed by atoms with Crippen LogP contribution in [0.1, 0.15) is 72.9 Å². The van der Waals surface area contributed by atoms with Gasteiger partial charge in [0.1, 0.15) is 34.8 Å². The Morgan fingerprint density at radius 2 is 1.55 bits per heavy atom. The largest absolute Gasteiger partial charge is 0.496 e. The average Bonchev–Trinajstić information content (AvgIpc) is 3.66. The van der Waals surface area contributed by atoms with E-state index in [9.17, 15) is 9.90 Å². The Morgan fingerprint density at radius 1 is 0.900 bits per heavy atom. The fourth-order valence-corrected chi connectivity index (χ4v) is 4.50. The van der Waals surface area contributed by atoms with Crippen molar-refractivity contribution in [1.29, 1.82) is 0 Å². The van der Waals surface area contributed by atoms with Crippen LogP contribution < -0.4 is 18.9 Å². The number of benzene rings is 2. The Hall–Kier alpha value is -4.17. The van der Waals surface area contributed by atoms with Crippen molar-refractivity contribution in [3.63, 3.8) is 0 Å². The highest BCUT2D eigenvalue weighted by molar-refractivity contribution is 6.11. The fraction of sp³-hybridized carbons (Fsp3) is 0.344. The topological polar surface area (TPSA) is 94.9 Å². The second-order valence-corrected chi connectivity index (χ2v) is 9.44. The Bertz CT molecular complexity index is 1410. The maximum atomic E-state index is 13.7. The number of ether oxygens (including phenoxy) is 4. The minimum absolute atomic E-state index is 0.239. The molecule has 2 N–H and O–H groups in total. The first-order chi connectivity index (χ1) is 19.5. The highest BCUT2D eigenvalue weighted by atomic mass is 16.5. The Kier molecular flexibility index (Phi) is 9.91. The van der Waals surface area contributed by atoms with E-state index in [2.05, 4.69) is 18.8 Å². The van der Waals surface area contributed by atoms with E-state index in [0.717, 1.165) is 25.7 Å². The number of aliphatic hydroxyl groups is 1. The summed E-state index contributed by atoms with van der Waals surface area (Å²) in [5.41, 5.74) is 2.55. The number of unbranched alkanes of at least 4 members (excludes halogenated alkanes) is 2. The molecule has 0 aliphatic carbocycles. The number of nitrogens with one attached hydrogen (secondary N) is 1. The first-order valence-electron chi connectivity index (χ1n) is 13.7. The molecular formula is C32H38N2O6. The van der Waals surface area contributed by atoms with Crippen molar-refractivity contribution in [2.75, 3.05) is 27.4 Å². The van der Waals surface area contributed by atoms with E-state index in [1.54, 1.807) is 54.3 Å². The number of H-pyrrole nitrogens is 1. The zero-order valence-corrected chi connectivity index (χ0v) is 23.6. The molecule has 2 aromatic heterocycles. The van der Waals surface area contributed by atoms with E-state index in [-0.39, 0.29) is 5.78 Å². The number of aromatic amines is 1. The molecule has 0 aliphatic rings. The third kappa shape index (κ3) is 6.34. The van der Waals surface area contributed by atoms with Gasteiger partial charge in [0.05, 0.1) is 44.4 Å². The second kappa shape index (κ2) is 13.8. The van der Waals surface area contributed by atoms with Gasteiger partial charge in [-0.1, -0.05) is 26.7 Å². The number of carbonyl (C=O) groups is 1. The molecule has 8 heteroatoms. The van der Waals surface area contributed by atoms with Gasteiger partial charge in [-0.25, -0.2) is 0 Å². The van der Waals surface area contributed by atoms with Crippen molar-refractivity contribution >= 4 is 5.78 Å². The van der Waals surface area contributed by atoms with E-state index < -0.39 is 6.10 Å². The van der Waals surface area contributed by atoms with Gasteiger partial charge >= 0.3 is 0 Å². The molecule has 2 aromatic carbocycles. The number of hydrogen-bond acceptors (Lipinski definition) is 6. The van der Waals surface area contributed by atoms with Crippen LogP contribution in [0, 0.1) is 0 Å². The van der Waals surface area contributed by atoms with E-state index >= 15 is 0 Å². The first-order valence-corrected chi connectivity index (χ1v) is 13.7. The number of hydrogen-bond donors (Lipinski definition) is 2. The molecule has 0 radical (unpaired) electrons. The molecule has 2 heterocycles. The SMILES string of the molecule is CCCCOc1ccc(C(=O)c2[nH]ccc2-n2cccc2C(O)c2ccc(OCCCC)cc2OC)c(OC)c1. The van der Waals surface area contributed by atoms with E-state index in [4.69, 9.17) is 18.9 Å². The van der Waals surface area contributed by atoms with Gasteiger partial charge in [-0.3, -0.25) is 4.79 Å². The monoisotopic (exact) mass is 546 g/mol. The van der Waals surface area contributed by atoms with Crippen LogP contribution in [-0.2, 0) is 0 Å². The smallest absolute Gasteiger partial charge is 0.215 e. The van der Waals surface area contributed by atoms with Crippen molar-refractivity contribution in [2.24, 2.45) is 0 Å². The number of aromatic nitrogens is 2. The Morgan fingerprint density at radius 3 is 2.20 bits per heavy atom. The second-order valence-electron chi connectivity index (χ2n) is 9.44. The molecule has 0 saturated heterocycles. The lowest BCUT2D eigenvalue weighted by molar-refractivity contribution is 0.103. The quantitative estimate of drug-likeness (QED) is 0.131. The van der Waals surface area contributed by atoms with Gasteiger partial charge in [-0.05, 0) is 55.3 Å². The molecule has 0 fully saturated rings. The molecule has 40 heavy (non-hydrogen) atoms. The zero-order chi connectivity index (χ0) is 28.5. The third-order valence-electron chi connectivity index (χ3n) is 6.72. The van der Waals surface area contributed by atoms with Crippen LogP contribution in [0.4, 0.5) is 0 Å². The maximum absolute atomic E-state index is 13.7. The molecule has 4 rings (SSSR count). The molecular weight excluding hydrogens is 508 g/mol. The van der Waals surface area contributed by atoms with Crippen LogP contribution in [0.2, 0.25) is 0 Å². The van der Waals surface area contributed by atoms with Crippen LogP contribution in [0.3, 0.4) is 0 Å². The summed E-state index contributed by atoms with van der Waals surface area (Å²) in [5, 5.41) is 11.5. The number of aliphatic hydroxyl groups excluding tert-OH is 1. The fourth-order valence-electron chi connectivity index (χ4n) is 4.50. The number of carbonyl (C=O) groups excluding carboxylic acids is 1. The summed E-state index contributed by atoms with van der Waals surface area (Å²) in [6, 6.07) is 16.1. The van der Waals surface area contributed by atoms with Crippen LogP contribution in [-0.4, -0.2) is 47.9 Å². The Labute approximate surface area is 235 Å². The molecule has 0 spiro atoms. The van der Waals surface area contributed by atoms with E-state index in [1.807, 2.05) is 24.4 Å². The molecule has 8 nitrogen and oxygen atoms in total. The normalized spacial score (nSPS) is 11.7. The molecule has 0 amide bonds. The van der Waals surface area contributed by atoms with Gasteiger partial charge < -0.3 is 33.6 Å². The lowest BCUT2D eigenvalue weighted by atomic mass is 10.0. The van der Waals surface area contributed by atoms with Crippen LogP contribution in [0.15, 0.2) is 67.0 Å². The maximum Gasteiger partial charge on any atom is 0.215 e. The summed E-state index contributed by atoms with van der Waals surface area (Å²) in [7, 11) is 3.10. The van der Waals surface area contributed by atoms with Crippen molar-refractivity contribution < 1.29 is 28.8 Å². The summed E-state index contributed by atoms with van der Waals surface area (Å²) >= 11 is 0. The molecule has 0 saturated carbocycles. The lowest BCUT2D eigenvalue weighted by Gasteiger charge is -2.19. The van der Waals surface area contributed by atoms with Crippen molar-refractivity contribution in [3.05, 3.63) is 89.5 Å². The average molecular weight is 547 g/mol. The molecule has 1 unspecified atom stereocenters. The highest BCUT2D eigenvalue weighted by Gasteiger charge is 2.24. The minimum atomic E-state index is -1.01. The third-order valence-corrected chi connectivity index (χ3v) is 6.72. The van der Waals surface area contributed by atoms with E-state index in [1.165, 1.54) is 7.11 Å². The van der Waals surface area contributed by atoms with Crippen LogP contribution in [0.25, 0.3) is 5.69 Å². The van der Waals surface area contributed by atoms with Gasteiger partial charge in [0.2, 0.25) is 5.78 Å². The summed E-state index contributed by atoms with van der Waals surface area (Å²) in [4.78, 5) is 16.8. The summed E-state index contributed by atoms with van der Waals surface area (Å²) in [6.07, 6.45) is 6.49. The summed E-state index contributed by atoms with van der Waals surface area (Å²) < 4.78 is 24.5. The van der Waals surface area contributed by atoms with E-state index in [0.29, 0.717) is 64.4 Å². The van der Waals surface area contributed by atoms with Gasteiger partial charge in [0.25, 0.3) is 0 Å². The molecule has 212 valence electrons. The van der Waals surface area contributed by atoms with Crippen molar-refractivity contribution in [2.45, 2.75) is 45.6 Å². The Balaban J connectivity index is 1.62. The number of methoxy groups -OCH3 is 2. The molecule has 1 atom stereocenters. The number of rotatable bonds is 15. The van der Waals surface area contributed by atoms with Gasteiger partial charge in [-0.15, -0.1) is 0 Å². The number of nitrogens with zero attached hydrogens (tertiary/aromatic N) is 1. The van der Waals surface area contributed by atoms with Gasteiger partial charge in [-0.2, -0.15) is 0 Å². The predicted molar refractivity (Wildman–Crippen MR) is 154 cm³/mol. The lowest BCUT2D eigenvalue weighted by Crippen LogP contribution is -2.12. The zero-order valence-electron chi connectivity index (χ0n) is 23.6. The van der Waals surface area contributed by atoms with Crippen LogP contribution in [0.5, 0.6) is 23.0 Å². The van der Waals surface area contributed by atoms with Gasteiger partial charge in [0.15, 0.2) is 0 Å². The van der Waals surface area contributed by atoms with Crippen molar-refractivity contribution in [3.8, 4) is 28.7 Å². The van der Waals surface area contributed by atoms with Gasteiger partial charge in [0, 0.05) is 30.1 Å². The van der Waals surface area contributed by atoms with Crippen LogP contribution >= 0.6 is 0 Å². The summed E-state index contributed by atoms with van der Waals surface area (Å²) in [6.45, 7) is 5.43. The van der Waals surface area contributed by atoms with Crippen molar-refractivity contribution in [1.82, 2.24) is 9.55 Å². The first kappa shape index (κ1) is 28.8. The predicted octanol–water partition coefficient (Wildman–Crippen LogP) is 6.49. The molecule has 4 aromatic rings. The highest BCUT2D eigenvalue weighted by Crippen LogP contribution is 2.35. The molecule has 0 bridgehead atoms. The summed E-state index contributed by atoms with van der Waals surface area (Å²) in [5.74, 6) is 2.05. The minimum Gasteiger partial charge on any atom is -0.496 e.